The monoisotopic (exact) mass is 251 g/mol. The van der Waals surface area contributed by atoms with E-state index < -0.39 is 0 Å². The first-order chi connectivity index (χ1) is 8.11. The molecule has 1 aromatic rings. The Balaban J connectivity index is 2.01. The second-order valence-electron chi connectivity index (χ2n) is 4.94. The fraction of sp³-hybridized carbons (Fsp3) is 0.643. The van der Waals surface area contributed by atoms with Gasteiger partial charge in [0, 0.05) is 41.2 Å². The number of hydrogen-bond donors (Lipinski definition) is 0. The summed E-state index contributed by atoms with van der Waals surface area (Å²) in [5.74, 6) is 0.614. The van der Waals surface area contributed by atoms with Gasteiger partial charge in [0.1, 0.15) is 5.78 Å². The van der Waals surface area contributed by atoms with E-state index in [1.54, 1.807) is 0 Å². The van der Waals surface area contributed by atoms with E-state index in [1.165, 1.54) is 9.75 Å². The first kappa shape index (κ1) is 12.8. The number of ketones is 1. The summed E-state index contributed by atoms with van der Waals surface area (Å²) in [7, 11) is 0. The van der Waals surface area contributed by atoms with E-state index in [4.69, 9.17) is 0 Å². The zero-order valence-corrected chi connectivity index (χ0v) is 11.7. The van der Waals surface area contributed by atoms with Gasteiger partial charge in [-0.25, -0.2) is 0 Å². The fourth-order valence-corrected chi connectivity index (χ4v) is 3.37. The molecule has 1 fully saturated rings. The first-order valence-corrected chi connectivity index (χ1v) is 7.27. The molecule has 0 aliphatic carbocycles. The van der Waals surface area contributed by atoms with Gasteiger partial charge in [-0.3, -0.25) is 9.69 Å². The molecule has 0 radical (unpaired) electrons. The lowest BCUT2D eigenvalue weighted by Gasteiger charge is -2.36. The minimum atomic E-state index is 0.189. The molecule has 1 aliphatic heterocycles. The Morgan fingerprint density at radius 2 is 2.06 bits per heavy atom. The molecule has 1 saturated heterocycles. The van der Waals surface area contributed by atoms with Gasteiger partial charge in [-0.05, 0) is 25.5 Å². The van der Waals surface area contributed by atoms with Crippen molar-refractivity contribution in [2.75, 3.05) is 6.54 Å². The quantitative estimate of drug-likeness (QED) is 0.822. The van der Waals surface area contributed by atoms with Crippen molar-refractivity contribution >= 4 is 17.1 Å². The van der Waals surface area contributed by atoms with Crippen LogP contribution in [0.15, 0.2) is 12.1 Å². The molecule has 0 saturated carbocycles. The van der Waals surface area contributed by atoms with Gasteiger partial charge in [-0.1, -0.05) is 13.8 Å². The van der Waals surface area contributed by atoms with Gasteiger partial charge in [0.05, 0.1) is 0 Å². The molecule has 2 heterocycles. The Kier molecular flexibility index (Phi) is 4.00. The van der Waals surface area contributed by atoms with Crippen LogP contribution in [0.2, 0.25) is 0 Å². The van der Waals surface area contributed by atoms with E-state index in [9.17, 15) is 4.79 Å². The van der Waals surface area contributed by atoms with Gasteiger partial charge in [-0.2, -0.15) is 0 Å². The fourth-order valence-electron chi connectivity index (χ4n) is 2.39. The van der Waals surface area contributed by atoms with Crippen molar-refractivity contribution < 1.29 is 4.79 Å². The van der Waals surface area contributed by atoms with E-state index in [-0.39, 0.29) is 5.92 Å². The SMILES string of the molecule is CCc1ccc(CN2CCC(=O)C(C)C2C)s1. The summed E-state index contributed by atoms with van der Waals surface area (Å²) in [5.41, 5.74) is 0. The van der Waals surface area contributed by atoms with Crippen molar-refractivity contribution in [1.82, 2.24) is 4.90 Å². The molecule has 94 valence electrons. The minimum absolute atomic E-state index is 0.189. The average molecular weight is 251 g/mol. The lowest BCUT2D eigenvalue weighted by Crippen LogP contribution is -2.46. The molecular formula is C14H21NOS. The maximum absolute atomic E-state index is 11.6. The topological polar surface area (TPSA) is 20.3 Å². The highest BCUT2D eigenvalue weighted by Crippen LogP contribution is 2.25. The lowest BCUT2D eigenvalue weighted by molar-refractivity contribution is -0.128. The van der Waals surface area contributed by atoms with Crippen molar-refractivity contribution in [1.29, 1.82) is 0 Å². The van der Waals surface area contributed by atoms with Gasteiger partial charge in [0.2, 0.25) is 0 Å². The maximum Gasteiger partial charge on any atom is 0.138 e. The number of hydrogen-bond acceptors (Lipinski definition) is 3. The highest BCUT2D eigenvalue weighted by atomic mass is 32.1. The van der Waals surface area contributed by atoms with E-state index >= 15 is 0 Å². The van der Waals surface area contributed by atoms with E-state index in [2.05, 4.69) is 37.8 Å². The number of Topliss-reactive ketones (excluding diaryl/α,β-unsaturated/α-hetero) is 1. The molecule has 2 unspecified atom stereocenters. The van der Waals surface area contributed by atoms with Crippen LogP contribution in [0.4, 0.5) is 0 Å². The summed E-state index contributed by atoms with van der Waals surface area (Å²) in [6, 6.07) is 4.84. The molecule has 2 nitrogen and oxygen atoms in total. The summed E-state index contributed by atoms with van der Waals surface area (Å²) < 4.78 is 0. The minimum Gasteiger partial charge on any atom is -0.299 e. The molecular weight excluding hydrogens is 230 g/mol. The Labute approximate surface area is 108 Å². The second kappa shape index (κ2) is 5.32. The molecule has 0 amide bonds. The molecule has 1 aromatic heterocycles. The Morgan fingerprint density at radius 1 is 1.35 bits per heavy atom. The van der Waals surface area contributed by atoms with Crippen molar-refractivity contribution in [2.24, 2.45) is 5.92 Å². The molecule has 2 atom stereocenters. The maximum atomic E-state index is 11.6. The summed E-state index contributed by atoms with van der Waals surface area (Å²) in [6.45, 7) is 8.36. The third-order valence-electron chi connectivity index (χ3n) is 3.88. The van der Waals surface area contributed by atoms with Crippen molar-refractivity contribution in [2.45, 2.75) is 46.2 Å². The number of carbonyl (C=O) groups excluding carboxylic acids is 1. The summed E-state index contributed by atoms with van der Waals surface area (Å²) in [6.07, 6.45) is 1.84. The zero-order valence-electron chi connectivity index (χ0n) is 10.9. The van der Waals surface area contributed by atoms with Crippen LogP contribution in [-0.4, -0.2) is 23.3 Å². The van der Waals surface area contributed by atoms with Crippen LogP contribution in [-0.2, 0) is 17.8 Å². The van der Waals surface area contributed by atoms with Crippen LogP contribution < -0.4 is 0 Å². The van der Waals surface area contributed by atoms with Gasteiger partial charge in [0.25, 0.3) is 0 Å². The number of rotatable bonds is 3. The van der Waals surface area contributed by atoms with Crippen LogP contribution in [0.3, 0.4) is 0 Å². The normalized spacial score (nSPS) is 26.4. The van der Waals surface area contributed by atoms with Crippen LogP contribution >= 0.6 is 11.3 Å². The van der Waals surface area contributed by atoms with E-state index in [0.717, 1.165) is 25.9 Å². The highest BCUT2D eigenvalue weighted by Gasteiger charge is 2.30. The van der Waals surface area contributed by atoms with Crippen LogP contribution in [0, 0.1) is 5.92 Å². The van der Waals surface area contributed by atoms with Crippen molar-refractivity contribution in [3.8, 4) is 0 Å². The van der Waals surface area contributed by atoms with Crippen LogP contribution in [0.5, 0.6) is 0 Å². The average Bonchev–Trinajstić information content (AvgIpc) is 2.78. The molecule has 0 spiro atoms. The number of thiophene rings is 1. The van der Waals surface area contributed by atoms with Crippen molar-refractivity contribution in [3.05, 3.63) is 21.9 Å². The largest absolute Gasteiger partial charge is 0.299 e. The molecule has 2 rings (SSSR count). The van der Waals surface area contributed by atoms with E-state index in [0.29, 0.717) is 11.8 Å². The Hall–Kier alpha value is -0.670. The molecule has 0 N–H and O–H groups in total. The van der Waals surface area contributed by atoms with Gasteiger partial charge < -0.3 is 0 Å². The lowest BCUT2D eigenvalue weighted by atomic mass is 9.91. The standard InChI is InChI=1S/C14H21NOS/c1-4-12-5-6-13(17-12)9-15-8-7-14(16)10(2)11(15)3/h5-6,10-11H,4,7-9H2,1-3H3. The summed E-state index contributed by atoms with van der Waals surface area (Å²) in [4.78, 5) is 16.9. The number of nitrogens with zero attached hydrogens (tertiary/aromatic N) is 1. The summed E-state index contributed by atoms with van der Waals surface area (Å²) in [5, 5.41) is 0. The predicted molar refractivity (Wildman–Crippen MR) is 72.4 cm³/mol. The highest BCUT2D eigenvalue weighted by molar-refractivity contribution is 7.11. The first-order valence-electron chi connectivity index (χ1n) is 6.46. The molecule has 17 heavy (non-hydrogen) atoms. The zero-order chi connectivity index (χ0) is 12.4. The third-order valence-corrected chi connectivity index (χ3v) is 5.09. The number of aryl methyl sites for hydroxylation is 1. The molecule has 1 aliphatic rings. The number of likely N-dealkylation sites (tertiary alicyclic amines) is 1. The van der Waals surface area contributed by atoms with Gasteiger partial charge in [-0.15, -0.1) is 11.3 Å². The molecule has 3 heteroatoms. The molecule has 0 aromatic carbocycles. The smallest absolute Gasteiger partial charge is 0.138 e. The number of carbonyl (C=O) groups is 1. The molecule has 0 bridgehead atoms. The number of piperidine rings is 1. The van der Waals surface area contributed by atoms with E-state index in [1.807, 2.05) is 11.3 Å². The van der Waals surface area contributed by atoms with Crippen LogP contribution in [0.25, 0.3) is 0 Å². The third kappa shape index (κ3) is 2.78. The van der Waals surface area contributed by atoms with Crippen molar-refractivity contribution in [3.63, 3.8) is 0 Å². The Morgan fingerprint density at radius 3 is 2.71 bits per heavy atom. The van der Waals surface area contributed by atoms with Gasteiger partial charge in [0.15, 0.2) is 0 Å². The summed E-state index contributed by atoms with van der Waals surface area (Å²) >= 11 is 1.90. The van der Waals surface area contributed by atoms with Gasteiger partial charge >= 0.3 is 0 Å². The van der Waals surface area contributed by atoms with Crippen LogP contribution in [0.1, 0.15) is 36.9 Å². The predicted octanol–water partition coefficient (Wildman–Crippen LogP) is 3.11. The Bertz CT molecular complexity index is 399. The second-order valence-corrected chi connectivity index (χ2v) is 6.19.